The van der Waals surface area contributed by atoms with E-state index in [0.717, 1.165) is 38.6 Å². The molecule has 1 rings (SSSR count). The van der Waals surface area contributed by atoms with Crippen molar-refractivity contribution in [3.8, 4) is 0 Å². The molecule has 16 heavy (non-hydrogen) atoms. The molecule has 94 valence electrons. The number of hydrogen-bond donors (Lipinski definition) is 1. The Labute approximate surface area is 100 Å². The maximum atomic E-state index is 5.42. The van der Waals surface area contributed by atoms with Crippen LogP contribution in [0, 0.1) is 5.92 Å². The molecule has 0 amide bonds. The fourth-order valence-corrected chi connectivity index (χ4v) is 2.11. The van der Waals surface area contributed by atoms with Crippen LogP contribution in [0.4, 0.5) is 0 Å². The van der Waals surface area contributed by atoms with E-state index in [4.69, 9.17) is 4.74 Å². The molecule has 1 atom stereocenters. The van der Waals surface area contributed by atoms with Crippen molar-refractivity contribution in [1.29, 1.82) is 0 Å². The molecule has 1 aliphatic heterocycles. The summed E-state index contributed by atoms with van der Waals surface area (Å²) < 4.78 is 5.42. The highest BCUT2D eigenvalue weighted by atomic mass is 16.5. The van der Waals surface area contributed by atoms with Gasteiger partial charge in [-0.2, -0.15) is 0 Å². The van der Waals surface area contributed by atoms with Crippen LogP contribution in [0.5, 0.6) is 0 Å². The SMILES string of the molecule is CCCCC(CC)CNCC1=CCCOC1. The summed E-state index contributed by atoms with van der Waals surface area (Å²) in [6, 6.07) is 0. The zero-order valence-electron chi connectivity index (χ0n) is 10.9. The molecule has 0 spiro atoms. The van der Waals surface area contributed by atoms with Gasteiger partial charge in [-0.3, -0.25) is 0 Å². The molecule has 1 N–H and O–H groups in total. The van der Waals surface area contributed by atoms with Gasteiger partial charge in [0.2, 0.25) is 0 Å². The lowest BCUT2D eigenvalue weighted by atomic mass is 9.99. The van der Waals surface area contributed by atoms with Gasteiger partial charge in [-0.1, -0.05) is 39.2 Å². The van der Waals surface area contributed by atoms with Crippen LogP contribution in [-0.2, 0) is 4.74 Å². The van der Waals surface area contributed by atoms with E-state index in [2.05, 4.69) is 25.2 Å². The van der Waals surface area contributed by atoms with Crippen LogP contribution in [-0.4, -0.2) is 26.3 Å². The third-order valence-corrected chi connectivity index (χ3v) is 3.31. The summed E-state index contributed by atoms with van der Waals surface area (Å²) >= 11 is 0. The first-order valence-corrected chi connectivity index (χ1v) is 6.83. The van der Waals surface area contributed by atoms with E-state index < -0.39 is 0 Å². The molecule has 0 saturated heterocycles. The summed E-state index contributed by atoms with van der Waals surface area (Å²) in [4.78, 5) is 0. The monoisotopic (exact) mass is 225 g/mol. The molecule has 0 aromatic heterocycles. The first kappa shape index (κ1) is 13.7. The Morgan fingerprint density at radius 2 is 2.31 bits per heavy atom. The minimum absolute atomic E-state index is 0.832. The van der Waals surface area contributed by atoms with Gasteiger partial charge < -0.3 is 10.1 Å². The number of ether oxygens (including phenoxy) is 1. The molecular weight excluding hydrogens is 198 g/mol. The maximum Gasteiger partial charge on any atom is 0.0689 e. The highest BCUT2D eigenvalue weighted by molar-refractivity contribution is 5.06. The predicted molar refractivity (Wildman–Crippen MR) is 69.7 cm³/mol. The summed E-state index contributed by atoms with van der Waals surface area (Å²) in [7, 11) is 0. The van der Waals surface area contributed by atoms with Crippen molar-refractivity contribution in [3.05, 3.63) is 11.6 Å². The fraction of sp³-hybridized carbons (Fsp3) is 0.857. The Morgan fingerprint density at radius 1 is 1.44 bits per heavy atom. The molecule has 0 radical (unpaired) electrons. The van der Waals surface area contributed by atoms with E-state index in [9.17, 15) is 0 Å². The largest absolute Gasteiger partial charge is 0.377 e. The van der Waals surface area contributed by atoms with Crippen LogP contribution >= 0.6 is 0 Å². The van der Waals surface area contributed by atoms with Crippen molar-refractivity contribution in [2.45, 2.75) is 46.0 Å². The van der Waals surface area contributed by atoms with Gasteiger partial charge in [-0.25, -0.2) is 0 Å². The third-order valence-electron chi connectivity index (χ3n) is 3.31. The summed E-state index contributed by atoms with van der Waals surface area (Å²) in [5.41, 5.74) is 1.43. The average molecular weight is 225 g/mol. The van der Waals surface area contributed by atoms with E-state index in [1.165, 1.54) is 31.3 Å². The number of unbranched alkanes of at least 4 members (excludes halogenated alkanes) is 1. The molecule has 1 unspecified atom stereocenters. The highest BCUT2D eigenvalue weighted by Crippen LogP contribution is 2.11. The van der Waals surface area contributed by atoms with Crippen LogP contribution < -0.4 is 5.32 Å². The van der Waals surface area contributed by atoms with Crippen molar-refractivity contribution in [2.24, 2.45) is 5.92 Å². The lowest BCUT2D eigenvalue weighted by molar-refractivity contribution is 0.148. The Bertz CT molecular complexity index is 201. The van der Waals surface area contributed by atoms with Gasteiger partial charge in [-0.05, 0) is 30.9 Å². The summed E-state index contributed by atoms with van der Waals surface area (Å²) in [5.74, 6) is 0.852. The van der Waals surface area contributed by atoms with Gasteiger partial charge in [0.25, 0.3) is 0 Å². The van der Waals surface area contributed by atoms with E-state index in [1.807, 2.05) is 0 Å². The molecule has 1 heterocycles. The van der Waals surface area contributed by atoms with E-state index in [-0.39, 0.29) is 0 Å². The average Bonchev–Trinajstić information content (AvgIpc) is 2.35. The van der Waals surface area contributed by atoms with Crippen LogP contribution in [0.1, 0.15) is 46.0 Å². The van der Waals surface area contributed by atoms with Gasteiger partial charge in [-0.15, -0.1) is 0 Å². The van der Waals surface area contributed by atoms with Crippen molar-refractivity contribution in [2.75, 3.05) is 26.3 Å². The minimum atomic E-state index is 0.832. The molecule has 1 aliphatic rings. The van der Waals surface area contributed by atoms with E-state index in [1.54, 1.807) is 0 Å². The van der Waals surface area contributed by atoms with Crippen LogP contribution in [0.2, 0.25) is 0 Å². The fourth-order valence-electron chi connectivity index (χ4n) is 2.11. The Morgan fingerprint density at radius 3 is 2.94 bits per heavy atom. The summed E-state index contributed by atoms with van der Waals surface area (Å²) in [6.45, 7) is 8.47. The van der Waals surface area contributed by atoms with Gasteiger partial charge in [0.05, 0.1) is 13.2 Å². The van der Waals surface area contributed by atoms with Crippen molar-refractivity contribution < 1.29 is 4.74 Å². The second-order valence-corrected chi connectivity index (χ2v) is 4.75. The normalized spacial score (nSPS) is 18.2. The zero-order valence-corrected chi connectivity index (χ0v) is 10.9. The van der Waals surface area contributed by atoms with Gasteiger partial charge in [0.1, 0.15) is 0 Å². The van der Waals surface area contributed by atoms with E-state index >= 15 is 0 Å². The van der Waals surface area contributed by atoms with Crippen LogP contribution in [0.15, 0.2) is 11.6 Å². The minimum Gasteiger partial charge on any atom is -0.377 e. The first-order chi connectivity index (χ1) is 7.86. The Balaban J connectivity index is 2.09. The quantitative estimate of drug-likeness (QED) is 0.641. The summed E-state index contributed by atoms with van der Waals surface area (Å²) in [5, 5.41) is 3.57. The smallest absolute Gasteiger partial charge is 0.0689 e. The molecule has 0 fully saturated rings. The van der Waals surface area contributed by atoms with Crippen molar-refractivity contribution >= 4 is 0 Å². The summed E-state index contributed by atoms with van der Waals surface area (Å²) in [6.07, 6.45) is 8.76. The number of rotatable bonds is 8. The Kier molecular flexibility index (Phi) is 7.52. The van der Waals surface area contributed by atoms with Crippen LogP contribution in [0.3, 0.4) is 0 Å². The molecule has 0 bridgehead atoms. The first-order valence-electron chi connectivity index (χ1n) is 6.83. The molecule has 2 heteroatoms. The third kappa shape index (κ3) is 5.66. The van der Waals surface area contributed by atoms with Crippen LogP contribution in [0.25, 0.3) is 0 Å². The lowest BCUT2D eigenvalue weighted by Crippen LogP contribution is -2.26. The number of hydrogen-bond acceptors (Lipinski definition) is 2. The number of nitrogens with one attached hydrogen (secondary N) is 1. The topological polar surface area (TPSA) is 21.3 Å². The highest BCUT2D eigenvalue weighted by Gasteiger charge is 2.07. The molecule has 0 aromatic carbocycles. The second kappa shape index (κ2) is 8.77. The second-order valence-electron chi connectivity index (χ2n) is 4.75. The van der Waals surface area contributed by atoms with Crippen molar-refractivity contribution in [1.82, 2.24) is 5.32 Å². The molecule has 0 aliphatic carbocycles. The maximum absolute atomic E-state index is 5.42. The molecule has 0 saturated carbocycles. The Hall–Kier alpha value is -0.340. The molecule has 2 nitrogen and oxygen atoms in total. The predicted octanol–water partition coefficient (Wildman–Crippen LogP) is 3.14. The van der Waals surface area contributed by atoms with Gasteiger partial charge in [0, 0.05) is 6.54 Å². The van der Waals surface area contributed by atoms with Gasteiger partial charge in [0.15, 0.2) is 0 Å². The molecule has 0 aromatic rings. The lowest BCUT2D eigenvalue weighted by Gasteiger charge is -2.18. The standard InChI is InChI=1S/C14H27NO/c1-3-5-7-13(4-2)10-15-11-14-8-6-9-16-12-14/h8,13,15H,3-7,9-12H2,1-2H3. The molecular formula is C14H27NO. The van der Waals surface area contributed by atoms with E-state index in [0.29, 0.717) is 0 Å². The van der Waals surface area contributed by atoms with Crippen molar-refractivity contribution in [3.63, 3.8) is 0 Å². The zero-order chi connectivity index (χ0) is 11.6. The van der Waals surface area contributed by atoms with Gasteiger partial charge >= 0.3 is 0 Å².